The number of allylic oxidation sites excluding steroid dienone is 4. The first kappa shape index (κ1) is 31.1. The summed E-state index contributed by atoms with van der Waals surface area (Å²) < 4.78 is 0. The molecule has 3 heterocycles. The number of nitrogens with zero attached hydrogens (tertiary/aromatic N) is 6. The van der Waals surface area contributed by atoms with E-state index in [1.165, 1.54) is 0 Å². The monoisotopic (exact) mass is 668 g/mol. The quantitative estimate of drug-likeness (QED) is 0.168. The van der Waals surface area contributed by atoms with Crippen LogP contribution < -0.4 is 0 Å². The second-order valence-corrected chi connectivity index (χ2v) is 12.6. The Balaban J connectivity index is 1.27. The summed E-state index contributed by atoms with van der Waals surface area (Å²) in [4.78, 5) is 30.4. The van der Waals surface area contributed by atoms with Crippen LogP contribution in [0.5, 0.6) is 0 Å². The molecule has 0 fully saturated rings. The van der Waals surface area contributed by atoms with E-state index in [4.69, 9.17) is 24.9 Å². The Morgan fingerprint density at radius 3 is 1.71 bits per heavy atom. The fourth-order valence-corrected chi connectivity index (χ4v) is 6.68. The molecule has 246 valence electrons. The van der Waals surface area contributed by atoms with Gasteiger partial charge < -0.3 is 0 Å². The zero-order chi connectivity index (χ0) is 34.7. The highest BCUT2D eigenvalue weighted by molar-refractivity contribution is 5.99. The van der Waals surface area contributed by atoms with E-state index >= 15 is 0 Å². The molecule has 1 aliphatic rings. The second kappa shape index (κ2) is 13.8. The highest BCUT2D eigenvalue weighted by Crippen LogP contribution is 2.40. The first-order chi connectivity index (χ1) is 25.8. The maximum atomic E-state index is 5.51. The minimum Gasteiger partial charge on any atom is -0.264 e. The van der Waals surface area contributed by atoms with Crippen molar-refractivity contribution in [1.82, 2.24) is 29.9 Å². The van der Waals surface area contributed by atoms with Crippen molar-refractivity contribution in [3.63, 3.8) is 0 Å². The van der Waals surface area contributed by atoms with Crippen molar-refractivity contribution in [2.75, 3.05) is 0 Å². The van der Waals surface area contributed by atoms with Crippen LogP contribution in [-0.4, -0.2) is 29.9 Å². The van der Waals surface area contributed by atoms with Crippen LogP contribution >= 0.6 is 0 Å². The molecule has 1 aliphatic carbocycles. The lowest BCUT2D eigenvalue weighted by atomic mass is 9.96. The Labute approximate surface area is 302 Å². The summed E-state index contributed by atoms with van der Waals surface area (Å²) in [6.07, 6.45) is 12.2. The Morgan fingerprint density at radius 2 is 1.00 bits per heavy atom. The molecule has 0 amide bonds. The third-order valence-electron chi connectivity index (χ3n) is 9.24. The van der Waals surface area contributed by atoms with Crippen molar-refractivity contribution >= 4 is 16.3 Å². The number of hydrogen-bond acceptors (Lipinski definition) is 6. The van der Waals surface area contributed by atoms with Crippen LogP contribution in [0.2, 0.25) is 0 Å². The fraction of sp³-hybridized carbons (Fsp3) is 0.0435. The second-order valence-electron chi connectivity index (χ2n) is 12.6. The number of hydrogen-bond donors (Lipinski definition) is 0. The molecule has 52 heavy (non-hydrogen) atoms. The minimum atomic E-state index is 0.601. The van der Waals surface area contributed by atoms with Gasteiger partial charge in [0.25, 0.3) is 0 Å². The van der Waals surface area contributed by atoms with Gasteiger partial charge in [0.1, 0.15) is 0 Å². The van der Waals surface area contributed by atoms with Crippen LogP contribution in [-0.2, 0) is 0 Å². The molecular formula is C46H32N6. The fourth-order valence-electron chi connectivity index (χ4n) is 6.68. The van der Waals surface area contributed by atoms with Crippen molar-refractivity contribution in [2.24, 2.45) is 0 Å². The zero-order valence-electron chi connectivity index (χ0n) is 28.3. The summed E-state index contributed by atoms with van der Waals surface area (Å²) >= 11 is 0. The molecule has 8 aromatic rings. The van der Waals surface area contributed by atoms with Gasteiger partial charge >= 0.3 is 0 Å². The number of aromatic nitrogens is 6. The number of fused-ring (bicyclic) bond motifs is 1. The molecule has 0 saturated carbocycles. The third kappa shape index (κ3) is 6.07. The lowest BCUT2D eigenvalue weighted by Gasteiger charge is -2.17. The topological polar surface area (TPSA) is 77.3 Å². The third-order valence-corrected chi connectivity index (χ3v) is 9.24. The predicted molar refractivity (Wildman–Crippen MR) is 210 cm³/mol. The van der Waals surface area contributed by atoms with Crippen LogP contribution in [0.4, 0.5) is 0 Å². The van der Waals surface area contributed by atoms with E-state index in [0.29, 0.717) is 17.5 Å². The summed E-state index contributed by atoms with van der Waals surface area (Å²) in [6.45, 7) is 0. The van der Waals surface area contributed by atoms with Crippen LogP contribution in [0.25, 0.3) is 84.2 Å². The van der Waals surface area contributed by atoms with Gasteiger partial charge in [0, 0.05) is 56.7 Å². The molecule has 0 bridgehead atoms. The maximum Gasteiger partial charge on any atom is 0.164 e. The van der Waals surface area contributed by atoms with Gasteiger partial charge in [-0.15, -0.1) is 0 Å². The number of benzene rings is 5. The number of pyridine rings is 1. The molecule has 6 nitrogen and oxygen atoms in total. The molecule has 0 atom stereocenters. The smallest absolute Gasteiger partial charge is 0.164 e. The van der Waals surface area contributed by atoms with Gasteiger partial charge in [-0.1, -0.05) is 146 Å². The van der Waals surface area contributed by atoms with Crippen molar-refractivity contribution in [2.45, 2.75) is 12.8 Å². The van der Waals surface area contributed by atoms with Crippen molar-refractivity contribution in [3.05, 3.63) is 176 Å². The normalized spacial score (nSPS) is 12.5. The van der Waals surface area contributed by atoms with Crippen LogP contribution in [0.3, 0.4) is 0 Å². The SMILES string of the molecule is C1=CC(c2nc(-c3ccccc3)nc(-c3cccc(-c4nc(-c5ccccc5)c(-c5cccc6cnccc56)nc4-c4ccccc4)c3)n2)=CCC1. The molecular weight excluding hydrogens is 637 g/mol. The van der Waals surface area contributed by atoms with Crippen LogP contribution in [0.15, 0.2) is 170 Å². The largest absolute Gasteiger partial charge is 0.264 e. The minimum absolute atomic E-state index is 0.601. The van der Waals surface area contributed by atoms with E-state index < -0.39 is 0 Å². The van der Waals surface area contributed by atoms with E-state index in [-0.39, 0.29) is 0 Å². The van der Waals surface area contributed by atoms with Gasteiger partial charge in [0.15, 0.2) is 17.5 Å². The van der Waals surface area contributed by atoms with E-state index in [1.807, 2.05) is 91.3 Å². The molecule has 9 rings (SSSR count). The van der Waals surface area contributed by atoms with E-state index in [1.54, 1.807) is 0 Å². The molecule has 0 aliphatic heterocycles. The molecule has 0 unspecified atom stereocenters. The first-order valence-electron chi connectivity index (χ1n) is 17.4. The van der Waals surface area contributed by atoms with Crippen molar-refractivity contribution in [1.29, 1.82) is 0 Å². The lowest BCUT2D eigenvalue weighted by Crippen LogP contribution is -2.03. The molecule has 5 aromatic carbocycles. The Kier molecular flexibility index (Phi) is 8.23. The van der Waals surface area contributed by atoms with Gasteiger partial charge in [0.2, 0.25) is 0 Å². The Morgan fingerprint density at radius 1 is 0.423 bits per heavy atom. The van der Waals surface area contributed by atoms with E-state index in [0.717, 1.165) is 85.3 Å². The highest BCUT2D eigenvalue weighted by atomic mass is 15.0. The zero-order valence-corrected chi connectivity index (χ0v) is 28.3. The van der Waals surface area contributed by atoms with Gasteiger partial charge in [-0.25, -0.2) is 24.9 Å². The van der Waals surface area contributed by atoms with Gasteiger partial charge in [-0.3, -0.25) is 4.98 Å². The average molecular weight is 669 g/mol. The molecule has 0 radical (unpaired) electrons. The standard InChI is InChI=1S/C46H32N6/c1-5-15-31(16-6-1)40-42(48-41(32-17-7-2-8-18-32)43(49-40)39-26-14-25-37-30-47-28-27-38(37)39)35-23-13-24-36(29-35)46-51-44(33-19-9-3-10-20-33)50-45(52-46)34-21-11-4-12-22-34/h1-3,5-11,13-30H,4,12H2. The summed E-state index contributed by atoms with van der Waals surface area (Å²) in [5, 5.41) is 2.12. The molecule has 0 saturated heterocycles. The summed E-state index contributed by atoms with van der Waals surface area (Å²) in [5.74, 6) is 1.90. The highest BCUT2D eigenvalue weighted by Gasteiger charge is 2.22. The van der Waals surface area contributed by atoms with E-state index in [2.05, 4.69) is 83.9 Å². The van der Waals surface area contributed by atoms with Crippen molar-refractivity contribution in [3.8, 4) is 67.8 Å². The molecule has 6 heteroatoms. The van der Waals surface area contributed by atoms with Gasteiger partial charge in [-0.05, 0) is 30.4 Å². The molecule has 0 N–H and O–H groups in total. The average Bonchev–Trinajstić information content (AvgIpc) is 3.24. The Hall–Kier alpha value is -6.92. The summed E-state index contributed by atoms with van der Waals surface area (Å²) in [6, 6.07) is 47.2. The number of rotatable bonds is 7. The maximum absolute atomic E-state index is 5.51. The van der Waals surface area contributed by atoms with Gasteiger partial charge in [-0.2, -0.15) is 0 Å². The van der Waals surface area contributed by atoms with Crippen LogP contribution in [0.1, 0.15) is 18.7 Å². The predicted octanol–water partition coefficient (Wildman–Crippen LogP) is 10.9. The lowest BCUT2D eigenvalue weighted by molar-refractivity contribution is 1.01. The van der Waals surface area contributed by atoms with Gasteiger partial charge in [0.05, 0.1) is 22.8 Å². The summed E-state index contributed by atoms with van der Waals surface area (Å²) in [7, 11) is 0. The summed E-state index contributed by atoms with van der Waals surface area (Å²) in [5.41, 5.74) is 9.85. The van der Waals surface area contributed by atoms with Crippen LogP contribution in [0, 0.1) is 0 Å². The van der Waals surface area contributed by atoms with E-state index in [9.17, 15) is 0 Å². The molecule has 0 spiro atoms. The van der Waals surface area contributed by atoms with Crippen molar-refractivity contribution < 1.29 is 0 Å². The Bertz CT molecular complexity index is 2610. The molecule has 3 aromatic heterocycles. The first-order valence-corrected chi connectivity index (χ1v) is 17.4.